The molecule has 0 aromatic carbocycles. The zero-order chi connectivity index (χ0) is 12.7. The first-order chi connectivity index (χ1) is 7.03. The fourth-order valence-corrected chi connectivity index (χ4v) is 3.43. The van der Waals surface area contributed by atoms with Gasteiger partial charge in [-0.25, -0.2) is 0 Å². The van der Waals surface area contributed by atoms with Crippen molar-refractivity contribution in [2.75, 3.05) is 0 Å². The van der Waals surface area contributed by atoms with Crippen molar-refractivity contribution in [1.29, 1.82) is 0 Å². The lowest BCUT2D eigenvalue weighted by atomic mass is 9.91. The molecule has 1 aromatic heterocycles. The summed E-state index contributed by atoms with van der Waals surface area (Å²) < 4.78 is 1.17. The molecule has 0 saturated heterocycles. The summed E-state index contributed by atoms with van der Waals surface area (Å²) in [5, 5.41) is 1.30. The van der Waals surface area contributed by atoms with Gasteiger partial charge >= 0.3 is 0 Å². The van der Waals surface area contributed by atoms with E-state index < -0.39 is 8.07 Å². The predicted molar refractivity (Wildman–Crippen MR) is 78.4 cm³/mol. The topological polar surface area (TPSA) is 12.9 Å². The van der Waals surface area contributed by atoms with Crippen molar-refractivity contribution in [3.8, 4) is 0 Å². The maximum absolute atomic E-state index is 4.89. The van der Waals surface area contributed by atoms with E-state index in [1.54, 1.807) is 0 Å². The zero-order valence-corrected chi connectivity index (χ0v) is 14.0. The molecule has 3 heteroatoms. The molecule has 1 nitrogen and oxygen atoms in total. The highest BCUT2D eigenvalue weighted by atomic mass is 79.9. The van der Waals surface area contributed by atoms with Crippen LogP contribution in [-0.2, 0) is 5.41 Å². The van der Waals surface area contributed by atoms with Gasteiger partial charge in [-0.05, 0) is 34.5 Å². The summed E-state index contributed by atoms with van der Waals surface area (Å²) in [7, 11) is -1.33. The van der Waals surface area contributed by atoms with Gasteiger partial charge in [-0.2, -0.15) is 0 Å². The van der Waals surface area contributed by atoms with E-state index in [1.807, 2.05) is 0 Å². The van der Waals surface area contributed by atoms with Crippen molar-refractivity contribution >= 4 is 29.3 Å². The van der Waals surface area contributed by atoms with Gasteiger partial charge in [0.25, 0.3) is 0 Å². The van der Waals surface area contributed by atoms with E-state index >= 15 is 0 Å². The molecule has 0 bridgehead atoms. The largest absolute Gasteiger partial charge is 0.261 e. The maximum Gasteiger partial charge on any atom is 0.101 e. The van der Waals surface area contributed by atoms with Crippen molar-refractivity contribution in [3.05, 3.63) is 21.8 Å². The van der Waals surface area contributed by atoms with E-state index in [4.69, 9.17) is 4.98 Å². The minimum Gasteiger partial charge on any atom is -0.261 e. The highest BCUT2D eigenvalue weighted by Gasteiger charge is 2.25. The molecule has 0 spiro atoms. The summed E-state index contributed by atoms with van der Waals surface area (Å²) in [6.45, 7) is 15.8. The fraction of sp³-hybridized carbons (Fsp3) is 0.615. The lowest BCUT2D eigenvalue weighted by Crippen LogP contribution is -2.41. The zero-order valence-electron chi connectivity index (χ0n) is 11.4. The molecule has 0 N–H and O–H groups in total. The normalized spacial score (nSPS) is 13.0. The minimum absolute atomic E-state index is 0.0965. The Labute approximate surface area is 109 Å². The van der Waals surface area contributed by atoms with E-state index in [1.165, 1.54) is 21.0 Å². The highest BCUT2D eigenvalue weighted by molar-refractivity contribution is 9.10. The van der Waals surface area contributed by atoms with Crippen molar-refractivity contribution in [2.24, 2.45) is 0 Å². The van der Waals surface area contributed by atoms with Gasteiger partial charge in [-0.15, -0.1) is 0 Å². The Hall–Kier alpha value is -0.153. The Morgan fingerprint density at radius 2 is 1.69 bits per heavy atom. The number of hydrogen-bond acceptors (Lipinski definition) is 1. The summed E-state index contributed by atoms with van der Waals surface area (Å²) >= 11 is 3.67. The third-order valence-electron chi connectivity index (χ3n) is 2.62. The van der Waals surface area contributed by atoms with Crippen LogP contribution in [0.1, 0.15) is 32.0 Å². The second kappa shape index (κ2) is 4.26. The van der Waals surface area contributed by atoms with Gasteiger partial charge in [0.1, 0.15) is 8.07 Å². The van der Waals surface area contributed by atoms with Crippen LogP contribution < -0.4 is 5.32 Å². The van der Waals surface area contributed by atoms with Crippen molar-refractivity contribution in [2.45, 2.75) is 52.8 Å². The fourth-order valence-electron chi connectivity index (χ4n) is 1.54. The van der Waals surface area contributed by atoms with Gasteiger partial charge < -0.3 is 0 Å². The third-order valence-corrected chi connectivity index (χ3v) is 5.41. The first kappa shape index (κ1) is 13.9. The smallest absolute Gasteiger partial charge is 0.101 e. The van der Waals surface area contributed by atoms with Gasteiger partial charge in [0, 0.05) is 15.2 Å². The van der Waals surface area contributed by atoms with Crippen LogP contribution in [0.4, 0.5) is 0 Å². The van der Waals surface area contributed by atoms with E-state index in [0.29, 0.717) is 0 Å². The minimum atomic E-state index is -1.33. The molecule has 90 valence electrons. The van der Waals surface area contributed by atoms with Gasteiger partial charge in [0.2, 0.25) is 0 Å². The molecule has 1 rings (SSSR count). The Morgan fingerprint density at radius 1 is 1.19 bits per heavy atom. The predicted octanol–water partition coefficient (Wildman–Crippen LogP) is 4.00. The van der Waals surface area contributed by atoms with Gasteiger partial charge in [-0.3, -0.25) is 4.98 Å². The highest BCUT2D eigenvalue weighted by Crippen LogP contribution is 2.29. The van der Waals surface area contributed by atoms with E-state index in [-0.39, 0.29) is 5.41 Å². The monoisotopic (exact) mass is 299 g/mol. The first-order valence-electron chi connectivity index (χ1n) is 5.71. The van der Waals surface area contributed by atoms with E-state index in [0.717, 1.165) is 0 Å². The molecular weight excluding hydrogens is 278 g/mol. The standard InChI is InChI=1S/C13H22BrNSi/c1-9-8-10(16(5,6)7)15-12(11(9)14)13(2,3)4/h8H,1-7H3. The Balaban J connectivity index is 3.46. The molecule has 1 aromatic rings. The number of aromatic nitrogens is 1. The van der Waals surface area contributed by atoms with Crippen molar-refractivity contribution in [1.82, 2.24) is 4.98 Å². The second-order valence-electron chi connectivity index (χ2n) is 6.49. The van der Waals surface area contributed by atoms with Gasteiger partial charge in [-0.1, -0.05) is 40.4 Å². The van der Waals surface area contributed by atoms with Crippen LogP contribution in [-0.4, -0.2) is 13.1 Å². The number of pyridine rings is 1. The molecule has 0 aliphatic carbocycles. The summed E-state index contributed by atoms with van der Waals surface area (Å²) in [5.74, 6) is 0. The van der Waals surface area contributed by atoms with Crippen LogP contribution in [0.2, 0.25) is 19.6 Å². The van der Waals surface area contributed by atoms with Crippen molar-refractivity contribution in [3.63, 3.8) is 0 Å². The molecule has 0 aliphatic rings. The molecule has 0 atom stereocenters. The van der Waals surface area contributed by atoms with Gasteiger partial charge in [0.05, 0.1) is 5.69 Å². The van der Waals surface area contributed by atoms with E-state index in [2.05, 4.69) is 69.3 Å². The van der Waals surface area contributed by atoms with Crippen LogP contribution in [0, 0.1) is 6.92 Å². The van der Waals surface area contributed by atoms with Crippen LogP contribution in [0.3, 0.4) is 0 Å². The molecule has 16 heavy (non-hydrogen) atoms. The molecular formula is C13H22BrNSi. The quantitative estimate of drug-likeness (QED) is 0.715. The molecule has 0 amide bonds. The summed E-state index contributed by atoms with van der Waals surface area (Å²) in [5.41, 5.74) is 2.58. The summed E-state index contributed by atoms with van der Waals surface area (Å²) in [4.78, 5) is 4.89. The summed E-state index contributed by atoms with van der Waals surface area (Å²) in [6.07, 6.45) is 0. The van der Waals surface area contributed by atoms with E-state index in [9.17, 15) is 0 Å². The Kier molecular flexibility index (Phi) is 3.70. The lowest BCUT2D eigenvalue weighted by Gasteiger charge is -2.25. The maximum atomic E-state index is 4.89. The number of hydrogen-bond donors (Lipinski definition) is 0. The number of halogens is 1. The van der Waals surface area contributed by atoms with Crippen LogP contribution in [0.15, 0.2) is 10.5 Å². The molecule has 0 radical (unpaired) electrons. The van der Waals surface area contributed by atoms with Crippen molar-refractivity contribution < 1.29 is 0 Å². The first-order valence-corrected chi connectivity index (χ1v) is 10.0. The number of rotatable bonds is 1. The lowest BCUT2D eigenvalue weighted by molar-refractivity contribution is 0.566. The van der Waals surface area contributed by atoms with Gasteiger partial charge in [0.15, 0.2) is 0 Å². The number of nitrogens with zero attached hydrogens (tertiary/aromatic N) is 1. The molecule has 0 saturated carbocycles. The van der Waals surface area contributed by atoms with Crippen LogP contribution >= 0.6 is 15.9 Å². The molecule has 0 unspecified atom stereocenters. The second-order valence-corrected chi connectivity index (χ2v) is 12.3. The average molecular weight is 300 g/mol. The molecule has 0 aliphatic heterocycles. The molecule has 1 heterocycles. The number of aryl methyl sites for hydroxylation is 1. The summed E-state index contributed by atoms with van der Waals surface area (Å²) in [6, 6.07) is 2.24. The third kappa shape index (κ3) is 2.95. The van der Waals surface area contributed by atoms with Crippen LogP contribution in [0.5, 0.6) is 0 Å². The Morgan fingerprint density at radius 3 is 2.06 bits per heavy atom. The SMILES string of the molecule is Cc1cc([Si](C)(C)C)nc(C(C)(C)C)c1Br. The Bertz CT molecular complexity index is 400. The average Bonchev–Trinajstić information content (AvgIpc) is 2.05. The van der Waals surface area contributed by atoms with Crippen LogP contribution in [0.25, 0.3) is 0 Å². The molecule has 0 fully saturated rings.